The van der Waals surface area contributed by atoms with Gasteiger partial charge in [0.15, 0.2) is 0 Å². The average molecular weight is 1520 g/mol. The molecule has 0 saturated carbocycles. The minimum Gasteiger partial charge on any atom is -0.308 e. The van der Waals surface area contributed by atoms with E-state index < -0.39 is 0 Å². The predicted octanol–water partition coefficient (Wildman–Crippen LogP) is 20.7. The zero-order chi connectivity index (χ0) is 81.4. The van der Waals surface area contributed by atoms with Gasteiger partial charge < -0.3 is 19.6 Å². The highest BCUT2D eigenvalue weighted by Gasteiger charge is 2.25. The summed E-state index contributed by atoms with van der Waals surface area (Å²) >= 11 is 0. The number of fused-ring (bicyclic) bond motifs is 13. The van der Waals surface area contributed by atoms with E-state index >= 15 is 9.59 Å². The van der Waals surface area contributed by atoms with Gasteiger partial charge in [0.25, 0.3) is 23.6 Å². The average Bonchev–Trinajstić information content (AvgIpc) is 0.808. The largest absolute Gasteiger partial charge is 0.308 e. The second-order valence-electron chi connectivity index (χ2n) is 28.8. The smallest absolute Gasteiger partial charge is 0.258 e. The molecule has 7 aliphatic heterocycles. The van der Waals surface area contributed by atoms with E-state index in [0.717, 1.165) is 117 Å². The fraction of sp³-hybridized carbons (Fsp3) is 0.145. The lowest BCUT2D eigenvalue weighted by Gasteiger charge is -2.24. The molecule has 8 aliphatic rings. The van der Waals surface area contributed by atoms with Crippen LogP contribution in [0, 0.1) is 107 Å². The number of benzene rings is 12. The van der Waals surface area contributed by atoms with E-state index in [4.69, 9.17) is 0 Å². The Morgan fingerprint density at radius 2 is 0.339 bits per heavy atom. The van der Waals surface area contributed by atoms with Crippen LogP contribution in [0.15, 0.2) is 279 Å². The van der Waals surface area contributed by atoms with Gasteiger partial charge >= 0.3 is 0 Å². The SMILES string of the molecule is CCCCN1C(=O)c2ccc(cc2)C(=O)N(CCCC)c2cc3cc(c2)C#Cc2cccc(c2)C#Cc2cc(cc(c2)N(CCCC)C(=O)c2ccc(cc2)C(=O)N(CCCC)c2ccc(cc2)C#Cc2ccc(cc2)C#Cc2ccc1cc2)C#Cc1cccc(c1)C#Cc1cccc(c1)C#Cc1cccc(c1)C#Cc1cccc(c1)C#C3. The summed E-state index contributed by atoms with van der Waals surface area (Å²) in [5.41, 5.74) is 17.9. The summed E-state index contributed by atoms with van der Waals surface area (Å²) < 4.78 is 0. The lowest BCUT2D eigenvalue weighted by Crippen LogP contribution is -2.33. The molecule has 20 rings (SSSR count). The van der Waals surface area contributed by atoms with Crippen molar-refractivity contribution in [3.8, 4) is 107 Å². The van der Waals surface area contributed by atoms with Gasteiger partial charge in [0, 0.05) is 171 Å². The number of amides is 4. The summed E-state index contributed by atoms with van der Waals surface area (Å²) in [5.74, 6) is 59.8. The van der Waals surface area contributed by atoms with E-state index in [-0.39, 0.29) is 23.6 Å². The summed E-state index contributed by atoms with van der Waals surface area (Å²) in [5, 5.41) is 0. The van der Waals surface area contributed by atoms with Crippen molar-refractivity contribution in [1.82, 2.24) is 0 Å². The molecule has 0 unspecified atom stereocenters. The van der Waals surface area contributed by atoms with E-state index in [1.807, 2.05) is 231 Å². The van der Waals surface area contributed by atoms with Gasteiger partial charge in [0.1, 0.15) is 0 Å². The van der Waals surface area contributed by atoms with Gasteiger partial charge in [-0.15, -0.1) is 0 Å². The number of hydrogen-bond acceptors (Lipinski definition) is 4. The molecule has 7 heterocycles. The van der Waals surface area contributed by atoms with Crippen molar-refractivity contribution in [1.29, 1.82) is 0 Å². The van der Waals surface area contributed by atoms with Crippen molar-refractivity contribution in [3.05, 3.63) is 401 Å². The number of rotatable bonds is 12. The molecular formula is C110H82N4O4. The molecule has 0 spiro atoms. The van der Waals surface area contributed by atoms with Crippen LogP contribution < -0.4 is 19.6 Å². The molecule has 4 amide bonds. The standard InChI is InChI=1S/C110H82N4O4/c1-5-9-66-111-103-62-50-83(51-63-103)34-32-81-28-30-82(31-29-81)33-35-84-52-64-104(65-53-84)112(67-10-6-2)108(116)100-56-60-102(61-57-100)110(118)114(69-12-8-4)106-78-96-47-43-92-25-16-23-90(73-92)41-39-88-21-14-19-86(71-88)37-36-85-18-13-20-87(70-85)38-40-89-22-15-24-91(72-89)42-46-95-75-97(48-44-93-26-17-27-94(74-93)45-49-98(76-96)80-106)79-105(77-95)113(68-11-7-3)109(117)101-58-54-99(55-59-101)107(111)115/h13-31,50-65,70-80H,5-12,66-69H2,1-4H3. The van der Waals surface area contributed by atoms with Crippen LogP contribution in [-0.4, -0.2) is 49.8 Å². The minimum atomic E-state index is -0.240. The van der Waals surface area contributed by atoms with Crippen molar-refractivity contribution in [3.63, 3.8) is 0 Å². The Labute approximate surface area is 694 Å². The van der Waals surface area contributed by atoms with E-state index in [1.165, 1.54) is 0 Å². The Kier molecular flexibility index (Phi) is 26.1. The first kappa shape index (κ1) is 79.2. The van der Waals surface area contributed by atoms with Crippen molar-refractivity contribution in [2.75, 3.05) is 45.8 Å². The zero-order valence-corrected chi connectivity index (χ0v) is 66.5. The molecule has 12 aromatic carbocycles. The Bertz CT molecular complexity index is 6070. The lowest BCUT2D eigenvalue weighted by molar-refractivity contribution is 0.0975. The van der Waals surface area contributed by atoms with Crippen molar-refractivity contribution >= 4 is 46.4 Å². The topological polar surface area (TPSA) is 81.2 Å². The zero-order valence-electron chi connectivity index (χ0n) is 66.5. The highest BCUT2D eigenvalue weighted by molar-refractivity contribution is 6.10. The Morgan fingerprint density at radius 3 is 0.534 bits per heavy atom. The molecule has 8 heteroatoms. The van der Waals surface area contributed by atoms with Gasteiger partial charge in [-0.1, -0.05) is 190 Å². The van der Waals surface area contributed by atoms with Crippen molar-refractivity contribution in [2.24, 2.45) is 0 Å². The van der Waals surface area contributed by atoms with Gasteiger partial charge in [-0.3, -0.25) is 19.2 Å². The number of nitrogens with zero attached hydrogens (tertiary/aromatic N) is 4. The Balaban J connectivity index is 0.889. The number of unbranched alkanes of at least 4 members (excludes halogenated alkanes) is 4. The quantitative estimate of drug-likeness (QED) is 0.114. The summed E-state index contributed by atoms with van der Waals surface area (Å²) in [6.07, 6.45) is 6.37. The molecule has 12 aromatic rings. The first-order valence-corrected chi connectivity index (χ1v) is 40.1. The monoisotopic (exact) mass is 1520 g/mol. The third-order valence-corrected chi connectivity index (χ3v) is 19.9. The first-order chi connectivity index (χ1) is 57.8. The van der Waals surface area contributed by atoms with E-state index in [9.17, 15) is 9.59 Å². The number of carbonyl (C=O) groups is 4. The van der Waals surface area contributed by atoms with Crippen LogP contribution in [0.4, 0.5) is 22.7 Å². The van der Waals surface area contributed by atoms with Crippen molar-refractivity contribution in [2.45, 2.75) is 79.1 Å². The fourth-order valence-corrected chi connectivity index (χ4v) is 13.4. The van der Waals surface area contributed by atoms with Crippen LogP contribution in [0.2, 0.25) is 0 Å². The second-order valence-corrected chi connectivity index (χ2v) is 28.8. The molecule has 0 atom stereocenters. The molecule has 26 bridgehead atoms. The maximum absolute atomic E-state index is 15.2. The third-order valence-electron chi connectivity index (χ3n) is 19.9. The maximum atomic E-state index is 15.2. The number of anilines is 4. The van der Waals surface area contributed by atoms with Gasteiger partial charge in [-0.25, -0.2) is 0 Å². The van der Waals surface area contributed by atoms with Crippen LogP contribution in [0.5, 0.6) is 0 Å². The molecule has 0 fully saturated rings. The normalized spacial score (nSPS) is 12.1. The molecule has 0 radical (unpaired) electrons. The Morgan fingerprint density at radius 1 is 0.178 bits per heavy atom. The number of hydrogen-bond donors (Lipinski definition) is 0. The summed E-state index contributed by atoms with van der Waals surface area (Å²) in [6.45, 7) is 10.2. The van der Waals surface area contributed by atoms with E-state index in [2.05, 4.69) is 134 Å². The molecule has 566 valence electrons. The fourth-order valence-electron chi connectivity index (χ4n) is 13.4. The van der Waals surface area contributed by atoms with Gasteiger partial charge in [0.05, 0.1) is 0 Å². The summed E-state index contributed by atoms with van der Waals surface area (Å²) in [6, 6.07) is 87.8. The highest BCUT2D eigenvalue weighted by atomic mass is 16.2. The van der Waals surface area contributed by atoms with E-state index in [1.54, 1.807) is 68.1 Å². The van der Waals surface area contributed by atoms with Gasteiger partial charge in [0.2, 0.25) is 0 Å². The third kappa shape index (κ3) is 21.1. The molecule has 0 saturated heterocycles. The Hall–Kier alpha value is -15.4. The van der Waals surface area contributed by atoms with Crippen LogP contribution in [-0.2, 0) is 0 Å². The molecule has 8 nitrogen and oxygen atoms in total. The van der Waals surface area contributed by atoms with Crippen LogP contribution in [0.1, 0.15) is 221 Å². The minimum absolute atomic E-state index is 0.183. The number of carbonyl (C=O) groups excluding carboxylic acids is 4. The van der Waals surface area contributed by atoms with Crippen LogP contribution in [0.25, 0.3) is 0 Å². The summed E-state index contributed by atoms with van der Waals surface area (Å²) in [4.78, 5) is 67.0. The molecule has 118 heavy (non-hydrogen) atoms. The van der Waals surface area contributed by atoms with E-state index in [0.29, 0.717) is 106 Å². The highest BCUT2D eigenvalue weighted by Crippen LogP contribution is 2.29. The molecule has 0 aromatic heterocycles. The molecule has 1 aliphatic carbocycles. The van der Waals surface area contributed by atoms with Crippen LogP contribution >= 0.6 is 0 Å². The first-order valence-electron chi connectivity index (χ1n) is 40.1. The van der Waals surface area contributed by atoms with Crippen molar-refractivity contribution < 1.29 is 19.2 Å². The van der Waals surface area contributed by atoms with Gasteiger partial charge in [-0.05, 0) is 274 Å². The molecular weight excluding hydrogens is 1440 g/mol. The summed E-state index contributed by atoms with van der Waals surface area (Å²) in [7, 11) is 0. The molecule has 0 N–H and O–H groups in total. The van der Waals surface area contributed by atoms with Crippen LogP contribution in [0.3, 0.4) is 0 Å². The maximum Gasteiger partial charge on any atom is 0.258 e. The second kappa shape index (κ2) is 38.9. The van der Waals surface area contributed by atoms with Gasteiger partial charge in [-0.2, -0.15) is 0 Å². The lowest BCUT2D eigenvalue weighted by atomic mass is 10.0. The predicted molar refractivity (Wildman–Crippen MR) is 477 cm³/mol.